The molecule has 88 valence electrons. The van der Waals surface area contributed by atoms with Crippen LogP contribution >= 0.6 is 0 Å². The van der Waals surface area contributed by atoms with E-state index in [1.54, 1.807) is 0 Å². The van der Waals surface area contributed by atoms with Crippen LogP contribution in [0.3, 0.4) is 0 Å². The Kier molecular flexibility index (Phi) is 3.08. The summed E-state index contributed by atoms with van der Waals surface area (Å²) < 4.78 is 24.2. The number of hydrogen-bond donors (Lipinski definition) is 1. The van der Waals surface area contributed by atoms with Gasteiger partial charge in [-0.3, -0.25) is 0 Å². The first-order valence-corrected chi connectivity index (χ1v) is 7.68. The molecule has 1 saturated heterocycles. The van der Waals surface area contributed by atoms with Gasteiger partial charge >= 0.3 is 0 Å². The van der Waals surface area contributed by atoms with Gasteiger partial charge in [-0.15, -0.1) is 0 Å². The third kappa shape index (κ3) is 2.36. The Labute approximate surface area is 92.6 Å². The van der Waals surface area contributed by atoms with Gasteiger partial charge in [0.25, 0.3) is 0 Å². The van der Waals surface area contributed by atoms with E-state index in [0.29, 0.717) is 17.7 Å². The third-order valence-electron chi connectivity index (χ3n) is 3.85. The summed E-state index contributed by atoms with van der Waals surface area (Å²) in [5.74, 6) is 0.936. The molecule has 4 atom stereocenters. The van der Waals surface area contributed by atoms with Crippen molar-refractivity contribution in [1.29, 1.82) is 0 Å². The zero-order chi connectivity index (χ0) is 11.1. The van der Waals surface area contributed by atoms with Crippen LogP contribution in [0.4, 0.5) is 0 Å². The SMILES string of the molecule is CC1CCC2NC(C)CCS(=O)(=O)C2C1. The van der Waals surface area contributed by atoms with E-state index in [1.165, 1.54) is 0 Å². The van der Waals surface area contributed by atoms with Crippen LogP contribution in [-0.4, -0.2) is 31.5 Å². The van der Waals surface area contributed by atoms with E-state index in [2.05, 4.69) is 19.2 Å². The Morgan fingerprint density at radius 1 is 1.13 bits per heavy atom. The first-order chi connectivity index (χ1) is 6.99. The molecule has 15 heavy (non-hydrogen) atoms. The second-order valence-corrected chi connectivity index (χ2v) is 7.63. The van der Waals surface area contributed by atoms with Crippen molar-refractivity contribution in [2.75, 3.05) is 5.75 Å². The molecule has 1 N–H and O–H groups in total. The summed E-state index contributed by atoms with van der Waals surface area (Å²) >= 11 is 0. The molecule has 0 amide bonds. The first kappa shape index (κ1) is 11.4. The Hall–Kier alpha value is -0.0900. The highest BCUT2D eigenvalue weighted by Gasteiger charge is 2.40. The number of nitrogens with one attached hydrogen (secondary N) is 1. The highest BCUT2D eigenvalue weighted by Crippen LogP contribution is 2.31. The van der Waals surface area contributed by atoms with Gasteiger partial charge in [0.2, 0.25) is 0 Å². The minimum atomic E-state index is -2.85. The van der Waals surface area contributed by atoms with Crippen LogP contribution in [0.1, 0.15) is 39.5 Å². The summed E-state index contributed by atoms with van der Waals surface area (Å²) in [7, 11) is -2.85. The van der Waals surface area contributed by atoms with Gasteiger partial charge in [-0.25, -0.2) is 8.42 Å². The van der Waals surface area contributed by atoms with Crippen molar-refractivity contribution in [2.24, 2.45) is 5.92 Å². The maximum Gasteiger partial charge on any atom is 0.154 e. The van der Waals surface area contributed by atoms with Gasteiger partial charge in [0.1, 0.15) is 0 Å². The predicted octanol–water partition coefficient (Wildman–Crippen LogP) is 1.34. The Balaban J connectivity index is 2.23. The molecule has 0 aromatic carbocycles. The average molecular weight is 231 g/mol. The predicted molar refractivity (Wildman–Crippen MR) is 61.6 cm³/mol. The van der Waals surface area contributed by atoms with E-state index >= 15 is 0 Å². The van der Waals surface area contributed by atoms with Crippen molar-refractivity contribution < 1.29 is 8.42 Å². The Bertz CT molecular complexity index is 325. The number of fused-ring (bicyclic) bond motifs is 1. The van der Waals surface area contributed by atoms with Crippen molar-refractivity contribution in [3.8, 4) is 0 Å². The lowest BCUT2D eigenvalue weighted by atomic mass is 9.86. The monoisotopic (exact) mass is 231 g/mol. The van der Waals surface area contributed by atoms with Crippen LogP contribution in [0.25, 0.3) is 0 Å². The van der Waals surface area contributed by atoms with Crippen molar-refractivity contribution >= 4 is 9.84 Å². The molecule has 4 heteroatoms. The lowest BCUT2D eigenvalue weighted by molar-refractivity contribution is 0.297. The fourth-order valence-corrected chi connectivity index (χ4v) is 5.18. The number of rotatable bonds is 0. The Morgan fingerprint density at radius 3 is 2.60 bits per heavy atom. The van der Waals surface area contributed by atoms with Crippen molar-refractivity contribution in [3.63, 3.8) is 0 Å². The third-order valence-corrected chi connectivity index (χ3v) is 6.10. The van der Waals surface area contributed by atoms with Crippen LogP contribution in [0.5, 0.6) is 0 Å². The molecule has 0 radical (unpaired) electrons. The zero-order valence-electron chi connectivity index (χ0n) is 9.57. The largest absolute Gasteiger partial charge is 0.310 e. The van der Waals surface area contributed by atoms with Crippen LogP contribution < -0.4 is 5.32 Å². The van der Waals surface area contributed by atoms with Crippen LogP contribution in [0.15, 0.2) is 0 Å². The summed E-state index contributed by atoms with van der Waals surface area (Å²) in [5, 5.41) is 3.36. The van der Waals surface area contributed by atoms with Gasteiger partial charge in [0.05, 0.1) is 11.0 Å². The molecular formula is C11H21NO2S. The molecule has 2 rings (SSSR count). The minimum absolute atomic E-state index is 0.119. The van der Waals surface area contributed by atoms with Crippen LogP contribution in [0.2, 0.25) is 0 Å². The molecule has 4 unspecified atom stereocenters. The highest BCUT2D eigenvalue weighted by molar-refractivity contribution is 7.92. The summed E-state index contributed by atoms with van der Waals surface area (Å²) in [6.45, 7) is 4.26. The standard InChI is InChI=1S/C11H21NO2S/c1-8-3-4-10-11(7-8)15(13,14)6-5-9(2)12-10/h8-12H,3-7H2,1-2H3. The van der Waals surface area contributed by atoms with E-state index in [4.69, 9.17) is 0 Å². The highest BCUT2D eigenvalue weighted by atomic mass is 32.2. The smallest absolute Gasteiger partial charge is 0.154 e. The van der Waals surface area contributed by atoms with Gasteiger partial charge in [-0.05, 0) is 38.5 Å². The van der Waals surface area contributed by atoms with Crippen LogP contribution in [-0.2, 0) is 9.84 Å². The normalized spacial score (nSPS) is 45.5. The maximum atomic E-state index is 12.1. The molecule has 0 aromatic heterocycles. The summed E-state index contributed by atoms with van der Waals surface area (Å²) in [6.07, 6.45) is 3.81. The fraction of sp³-hybridized carbons (Fsp3) is 1.00. The van der Waals surface area contributed by atoms with E-state index in [-0.39, 0.29) is 11.3 Å². The molecule has 0 bridgehead atoms. The van der Waals surface area contributed by atoms with Gasteiger partial charge in [-0.2, -0.15) is 0 Å². The van der Waals surface area contributed by atoms with E-state index < -0.39 is 9.84 Å². The summed E-state index contributed by atoms with van der Waals surface area (Å²) in [4.78, 5) is 0. The van der Waals surface area contributed by atoms with Crippen molar-refractivity contribution in [2.45, 2.75) is 56.9 Å². The lowest BCUT2D eigenvalue weighted by Crippen LogP contribution is -2.48. The topological polar surface area (TPSA) is 46.2 Å². The molecular weight excluding hydrogens is 210 g/mol. The molecule has 1 aliphatic carbocycles. The zero-order valence-corrected chi connectivity index (χ0v) is 10.4. The van der Waals surface area contributed by atoms with Gasteiger partial charge in [-0.1, -0.05) is 6.92 Å². The molecule has 0 spiro atoms. The molecule has 1 saturated carbocycles. The van der Waals surface area contributed by atoms with Gasteiger partial charge in [0, 0.05) is 12.1 Å². The first-order valence-electron chi connectivity index (χ1n) is 5.96. The van der Waals surface area contributed by atoms with E-state index in [1.807, 2.05) is 0 Å². The Morgan fingerprint density at radius 2 is 1.87 bits per heavy atom. The van der Waals surface area contributed by atoms with Gasteiger partial charge < -0.3 is 5.32 Å². The molecule has 2 aliphatic rings. The summed E-state index contributed by atoms with van der Waals surface area (Å²) in [5.41, 5.74) is 0. The summed E-state index contributed by atoms with van der Waals surface area (Å²) in [6, 6.07) is 0.562. The molecule has 1 heterocycles. The quantitative estimate of drug-likeness (QED) is 0.684. The van der Waals surface area contributed by atoms with Gasteiger partial charge in [0.15, 0.2) is 9.84 Å². The van der Waals surface area contributed by atoms with Crippen molar-refractivity contribution in [1.82, 2.24) is 5.32 Å². The molecule has 2 fully saturated rings. The average Bonchev–Trinajstić information content (AvgIpc) is 2.27. The second kappa shape index (κ2) is 4.06. The second-order valence-electron chi connectivity index (χ2n) is 5.29. The minimum Gasteiger partial charge on any atom is -0.310 e. The molecule has 0 aromatic rings. The number of hydrogen-bond acceptors (Lipinski definition) is 3. The van der Waals surface area contributed by atoms with E-state index in [9.17, 15) is 8.42 Å². The van der Waals surface area contributed by atoms with Crippen LogP contribution in [0, 0.1) is 5.92 Å². The lowest BCUT2D eigenvalue weighted by Gasteiger charge is -2.34. The number of sulfone groups is 1. The fourth-order valence-electron chi connectivity index (χ4n) is 2.86. The van der Waals surface area contributed by atoms with E-state index in [0.717, 1.165) is 25.7 Å². The molecule has 3 nitrogen and oxygen atoms in total. The maximum absolute atomic E-state index is 12.1. The molecule has 1 aliphatic heterocycles. The van der Waals surface area contributed by atoms with Crippen molar-refractivity contribution in [3.05, 3.63) is 0 Å².